The fourth-order valence-electron chi connectivity index (χ4n) is 2.10. The van der Waals surface area contributed by atoms with Crippen molar-refractivity contribution >= 4 is 35.9 Å². The standard InChI is InChI=1S/C16H28N4O2.HI/c1-17-16(19-11-14-20-12-7-8-13-20)18-10-6-4-3-5-9-15(21)22-2;/h7-8,12-13H,3-6,9-11,14H2,1-2H3,(H2,17,18,19);1H. The molecule has 0 amide bonds. The molecule has 2 N–H and O–H groups in total. The highest BCUT2D eigenvalue weighted by atomic mass is 127. The predicted molar refractivity (Wildman–Crippen MR) is 104 cm³/mol. The average molecular weight is 436 g/mol. The second kappa shape index (κ2) is 14.3. The van der Waals surface area contributed by atoms with E-state index in [0.717, 1.165) is 51.3 Å². The van der Waals surface area contributed by atoms with Crippen LogP contribution in [-0.2, 0) is 16.1 Å². The molecule has 0 saturated heterocycles. The third kappa shape index (κ3) is 11.0. The van der Waals surface area contributed by atoms with Crippen LogP contribution < -0.4 is 10.6 Å². The van der Waals surface area contributed by atoms with Gasteiger partial charge in [0, 0.05) is 45.5 Å². The van der Waals surface area contributed by atoms with E-state index in [4.69, 9.17) is 0 Å². The Kier molecular flexibility index (Phi) is 13.6. The van der Waals surface area contributed by atoms with E-state index < -0.39 is 0 Å². The highest BCUT2D eigenvalue weighted by molar-refractivity contribution is 14.0. The Morgan fingerprint density at radius 1 is 1.09 bits per heavy atom. The Balaban J connectivity index is 0.00000484. The lowest BCUT2D eigenvalue weighted by Crippen LogP contribution is -2.39. The maximum absolute atomic E-state index is 11.0. The molecule has 1 aromatic rings. The molecule has 6 nitrogen and oxygen atoms in total. The van der Waals surface area contributed by atoms with Gasteiger partial charge in [-0.3, -0.25) is 9.79 Å². The number of nitrogens with one attached hydrogen (secondary N) is 2. The van der Waals surface area contributed by atoms with Gasteiger partial charge in [0.2, 0.25) is 0 Å². The first kappa shape index (κ1) is 21.8. The van der Waals surface area contributed by atoms with Gasteiger partial charge in [-0.15, -0.1) is 24.0 Å². The van der Waals surface area contributed by atoms with Crippen molar-refractivity contribution in [1.82, 2.24) is 15.2 Å². The van der Waals surface area contributed by atoms with Crippen LogP contribution in [-0.4, -0.2) is 43.7 Å². The molecule has 1 heterocycles. The van der Waals surface area contributed by atoms with Crippen molar-refractivity contribution in [3.05, 3.63) is 24.5 Å². The summed E-state index contributed by atoms with van der Waals surface area (Å²) in [6.07, 6.45) is 8.74. The lowest BCUT2D eigenvalue weighted by Gasteiger charge is -2.12. The van der Waals surface area contributed by atoms with Crippen LogP contribution in [0.1, 0.15) is 32.1 Å². The third-order valence-electron chi connectivity index (χ3n) is 3.38. The van der Waals surface area contributed by atoms with E-state index in [1.165, 1.54) is 7.11 Å². The predicted octanol–water partition coefficient (Wildman–Crippen LogP) is 2.39. The van der Waals surface area contributed by atoms with Crippen molar-refractivity contribution in [3.63, 3.8) is 0 Å². The largest absolute Gasteiger partial charge is 0.469 e. The number of carbonyl (C=O) groups is 1. The van der Waals surface area contributed by atoms with Crippen LogP contribution in [0, 0.1) is 0 Å². The van der Waals surface area contributed by atoms with Gasteiger partial charge < -0.3 is 19.9 Å². The van der Waals surface area contributed by atoms with Crippen LogP contribution in [0.3, 0.4) is 0 Å². The van der Waals surface area contributed by atoms with E-state index >= 15 is 0 Å². The third-order valence-corrected chi connectivity index (χ3v) is 3.38. The molecule has 0 radical (unpaired) electrons. The molecule has 0 spiro atoms. The Morgan fingerprint density at radius 2 is 1.74 bits per heavy atom. The van der Waals surface area contributed by atoms with Crippen molar-refractivity contribution in [1.29, 1.82) is 0 Å². The zero-order chi connectivity index (χ0) is 16.0. The van der Waals surface area contributed by atoms with E-state index in [1.54, 1.807) is 7.05 Å². The van der Waals surface area contributed by atoms with Gasteiger partial charge in [0.05, 0.1) is 7.11 Å². The Bertz CT molecular complexity index is 435. The van der Waals surface area contributed by atoms with Gasteiger partial charge in [0.15, 0.2) is 5.96 Å². The first-order valence-corrected chi connectivity index (χ1v) is 7.88. The number of methoxy groups -OCH3 is 1. The Labute approximate surface area is 156 Å². The monoisotopic (exact) mass is 436 g/mol. The first-order chi connectivity index (χ1) is 10.8. The maximum Gasteiger partial charge on any atom is 0.305 e. The quantitative estimate of drug-likeness (QED) is 0.194. The molecule has 1 aromatic heterocycles. The highest BCUT2D eigenvalue weighted by Gasteiger charge is 2.00. The molecule has 0 aliphatic carbocycles. The van der Waals surface area contributed by atoms with Crippen molar-refractivity contribution in [3.8, 4) is 0 Å². The second-order valence-electron chi connectivity index (χ2n) is 5.09. The minimum absolute atomic E-state index is 0. The first-order valence-electron chi connectivity index (χ1n) is 7.88. The molecular formula is C16H29IN4O2. The molecule has 0 bridgehead atoms. The van der Waals surface area contributed by atoms with Crippen LogP contribution >= 0.6 is 24.0 Å². The summed E-state index contributed by atoms with van der Waals surface area (Å²) in [6.45, 7) is 2.65. The maximum atomic E-state index is 11.0. The molecular weight excluding hydrogens is 407 g/mol. The number of guanidine groups is 1. The summed E-state index contributed by atoms with van der Waals surface area (Å²) >= 11 is 0. The molecule has 0 aliphatic heterocycles. The van der Waals surface area contributed by atoms with Crippen molar-refractivity contribution in [2.45, 2.75) is 38.6 Å². The van der Waals surface area contributed by atoms with Gasteiger partial charge in [0.25, 0.3) is 0 Å². The van der Waals surface area contributed by atoms with Crippen LogP contribution in [0.15, 0.2) is 29.5 Å². The molecule has 132 valence electrons. The number of halogens is 1. The lowest BCUT2D eigenvalue weighted by molar-refractivity contribution is -0.140. The summed E-state index contributed by atoms with van der Waals surface area (Å²) in [5.41, 5.74) is 0. The Hall–Kier alpha value is -1.25. The van der Waals surface area contributed by atoms with Crippen LogP contribution in [0.25, 0.3) is 0 Å². The molecule has 23 heavy (non-hydrogen) atoms. The van der Waals surface area contributed by atoms with Crippen LogP contribution in [0.4, 0.5) is 0 Å². The minimum atomic E-state index is -0.120. The summed E-state index contributed by atoms with van der Waals surface area (Å²) in [5, 5.41) is 6.59. The number of unbranched alkanes of at least 4 members (excludes halogenated alkanes) is 3. The normalized spacial score (nSPS) is 10.8. The number of carbonyl (C=O) groups excluding carboxylic acids is 1. The number of nitrogens with zero attached hydrogens (tertiary/aromatic N) is 2. The molecule has 0 aromatic carbocycles. The molecule has 7 heteroatoms. The Morgan fingerprint density at radius 3 is 2.39 bits per heavy atom. The summed E-state index contributed by atoms with van der Waals surface area (Å²) in [7, 11) is 3.21. The van der Waals surface area contributed by atoms with E-state index in [0.29, 0.717) is 6.42 Å². The zero-order valence-corrected chi connectivity index (χ0v) is 16.4. The van der Waals surface area contributed by atoms with E-state index in [9.17, 15) is 4.79 Å². The van der Waals surface area contributed by atoms with E-state index in [1.807, 2.05) is 24.5 Å². The summed E-state index contributed by atoms with van der Waals surface area (Å²) < 4.78 is 6.74. The summed E-state index contributed by atoms with van der Waals surface area (Å²) in [6, 6.07) is 4.04. The number of hydrogen-bond acceptors (Lipinski definition) is 3. The van der Waals surface area contributed by atoms with E-state index in [-0.39, 0.29) is 29.9 Å². The van der Waals surface area contributed by atoms with Crippen LogP contribution in [0.2, 0.25) is 0 Å². The van der Waals surface area contributed by atoms with Crippen molar-refractivity contribution < 1.29 is 9.53 Å². The number of rotatable bonds is 10. The molecule has 0 atom stereocenters. The molecule has 1 rings (SSSR count). The smallest absolute Gasteiger partial charge is 0.305 e. The molecule has 0 aliphatic rings. The molecule has 0 saturated carbocycles. The highest BCUT2D eigenvalue weighted by Crippen LogP contribution is 2.03. The average Bonchev–Trinajstić information content (AvgIpc) is 3.05. The van der Waals surface area contributed by atoms with Gasteiger partial charge in [-0.25, -0.2) is 0 Å². The van der Waals surface area contributed by atoms with Crippen LogP contribution in [0.5, 0.6) is 0 Å². The molecule has 0 unspecified atom stereocenters. The van der Waals surface area contributed by atoms with Crippen molar-refractivity contribution in [2.24, 2.45) is 4.99 Å². The fraction of sp³-hybridized carbons (Fsp3) is 0.625. The van der Waals surface area contributed by atoms with Crippen molar-refractivity contribution in [2.75, 3.05) is 27.2 Å². The lowest BCUT2D eigenvalue weighted by atomic mass is 10.1. The number of esters is 1. The van der Waals surface area contributed by atoms with Gasteiger partial charge in [-0.2, -0.15) is 0 Å². The number of aromatic nitrogens is 1. The SMILES string of the molecule is CN=C(NCCCCCCC(=O)OC)NCCn1cccc1.I. The van der Waals surface area contributed by atoms with Gasteiger partial charge in [-0.1, -0.05) is 12.8 Å². The van der Waals surface area contributed by atoms with Gasteiger partial charge in [-0.05, 0) is 25.0 Å². The number of ether oxygens (including phenoxy) is 1. The summed E-state index contributed by atoms with van der Waals surface area (Å²) in [5.74, 6) is 0.715. The summed E-state index contributed by atoms with van der Waals surface area (Å²) in [4.78, 5) is 15.2. The van der Waals surface area contributed by atoms with Gasteiger partial charge in [0.1, 0.15) is 0 Å². The van der Waals surface area contributed by atoms with E-state index in [2.05, 4.69) is 24.9 Å². The number of hydrogen-bond donors (Lipinski definition) is 2. The topological polar surface area (TPSA) is 67.7 Å². The minimum Gasteiger partial charge on any atom is -0.469 e. The number of aliphatic imine (C=N–C) groups is 1. The fourth-order valence-corrected chi connectivity index (χ4v) is 2.10. The van der Waals surface area contributed by atoms with Gasteiger partial charge >= 0.3 is 5.97 Å². The zero-order valence-electron chi connectivity index (χ0n) is 14.1. The second-order valence-corrected chi connectivity index (χ2v) is 5.09. The molecule has 0 fully saturated rings.